The van der Waals surface area contributed by atoms with E-state index in [0.29, 0.717) is 0 Å². The molecule has 1 unspecified atom stereocenters. The van der Waals surface area contributed by atoms with Gasteiger partial charge < -0.3 is 15.1 Å². The zero-order valence-corrected chi connectivity index (χ0v) is 11.5. The van der Waals surface area contributed by atoms with Crippen LogP contribution in [0.1, 0.15) is 38.5 Å². The number of rotatable bonds is 6. The molecule has 17 heavy (non-hydrogen) atoms. The van der Waals surface area contributed by atoms with E-state index in [4.69, 9.17) is 0 Å². The third-order valence-corrected chi connectivity index (χ3v) is 4.38. The van der Waals surface area contributed by atoms with Crippen LogP contribution in [0, 0.1) is 0 Å². The molecule has 0 aromatic rings. The summed E-state index contributed by atoms with van der Waals surface area (Å²) >= 11 is 0. The maximum Gasteiger partial charge on any atom is 0.0107 e. The molecular formula is C14H29N3. The summed E-state index contributed by atoms with van der Waals surface area (Å²) in [7, 11) is 2.29. The summed E-state index contributed by atoms with van der Waals surface area (Å²) in [6.07, 6.45) is 8.39. The summed E-state index contributed by atoms with van der Waals surface area (Å²) in [6, 6.07) is 0.836. The summed E-state index contributed by atoms with van der Waals surface area (Å²) in [6.45, 7) is 7.58. The van der Waals surface area contributed by atoms with Gasteiger partial charge in [0.2, 0.25) is 0 Å². The van der Waals surface area contributed by atoms with Crippen molar-refractivity contribution in [2.45, 2.75) is 44.6 Å². The van der Waals surface area contributed by atoms with Crippen molar-refractivity contribution in [3.63, 3.8) is 0 Å². The second kappa shape index (κ2) is 7.34. The highest BCUT2D eigenvalue weighted by Gasteiger charge is 2.17. The average Bonchev–Trinajstić information content (AvgIpc) is 2.84. The lowest BCUT2D eigenvalue weighted by Gasteiger charge is -2.32. The Morgan fingerprint density at radius 3 is 2.53 bits per heavy atom. The molecule has 0 bridgehead atoms. The van der Waals surface area contributed by atoms with Gasteiger partial charge in [0.1, 0.15) is 0 Å². The van der Waals surface area contributed by atoms with Crippen LogP contribution >= 0.6 is 0 Å². The van der Waals surface area contributed by atoms with Crippen molar-refractivity contribution in [3.05, 3.63) is 0 Å². The number of hydrogen-bond donors (Lipinski definition) is 1. The summed E-state index contributed by atoms with van der Waals surface area (Å²) in [5.41, 5.74) is 0. The number of nitrogens with zero attached hydrogens (tertiary/aromatic N) is 2. The molecule has 0 amide bonds. The minimum Gasteiger partial charge on any atom is -0.315 e. The predicted molar refractivity (Wildman–Crippen MR) is 73.4 cm³/mol. The number of hydrogen-bond acceptors (Lipinski definition) is 3. The number of piperidine rings is 1. The van der Waals surface area contributed by atoms with Gasteiger partial charge in [-0.1, -0.05) is 6.42 Å². The van der Waals surface area contributed by atoms with Gasteiger partial charge >= 0.3 is 0 Å². The number of nitrogens with one attached hydrogen (secondary N) is 1. The van der Waals surface area contributed by atoms with Crippen molar-refractivity contribution in [2.75, 3.05) is 46.3 Å². The predicted octanol–water partition coefficient (Wildman–Crippen LogP) is 1.55. The van der Waals surface area contributed by atoms with Gasteiger partial charge in [0, 0.05) is 19.1 Å². The Kier molecular flexibility index (Phi) is 5.75. The fourth-order valence-electron chi connectivity index (χ4n) is 3.15. The van der Waals surface area contributed by atoms with E-state index in [1.807, 2.05) is 0 Å². The molecule has 0 aromatic heterocycles. The van der Waals surface area contributed by atoms with Crippen LogP contribution in [0.15, 0.2) is 0 Å². The first kappa shape index (κ1) is 13.3. The van der Waals surface area contributed by atoms with Crippen molar-refractivity contribution >= 4 is 0 Å². The highest BCUT2D eigenvalue weighted by Crippen LogP contribution is 2.16. The van der Waals surface area contributed by atoms with E-state index in [-0.39, 0.29) is 0 Å². The Hall–Kier alpha value is -0.120. The number of likely N-dealkylation sites (tertiary alicyclic amines) is 2. The molecule has 2 rings (SSSR count). The molecular weight excluding hydrogens is 210 g/mol. The van der Waals surface area contributed by atoms with Gasteiger partial charge in [-0.25, -0.2) is 0 Å². The Bertz CT molecular complexity index is 202. The van der Waals surface area contributed by atoms with Crippen LogP contribution in [0.3, 0.4) is 0 Å². The fourth-order valence-corrected chi connectivity index (χ4v) is 3.15. The zero-order valence-electron chi connectivity index (χ0n) is 11.5. The van der Waals surface area contributed by atoms with E-state index >= 15 is 0 Å². The summed E-state index contributed by atoms with van der Waals surface area (Å²) < 4.78 is 0. The van der Waals surface area contributed by atoms with E-state index in [9.17, 15) is 0 Å². The SMILES string of the molecule is CN1CCCCC1CCNCCN1CCCC1. The van der Waals surface area contributed by atoms with Crippen molar-refractivity contribution < 1.29 is 0 Å². The molecule has 0 spiro atoms. The van der Waals surface area contributed by atoms with Crippen molar-refractivity contribution in [2.24, 2.45) is 0 Å². The first-order chi connectivity index (χ1) is 8.36. The maximum absolute atomic E-state index is 3.61. The summed E-state index contributed by atoms with van der Waals surface area (Å²) in [5.74, 6) is 0. The van der Waals surface area contributed by atoms with Gasteiger partial charge in [-0.15, -0.1) is 0 Å². The summed E-state index contributed by atoms with van der Waals surface area (Å²) in [4.78, 5) is 5.13. The molecule has 0 aliphatic carbocycles. The largest absolute Gasteiger partial charge is 0.315 e. The molecule has 2 saturated heterocycles. The van der Waals surface area contributed by atoms with Crippen LogP contribution in [0.2, 0.25) is 0 Å². The normalized spacial score (nSPS) is 27.7. The van der Waals surface area contributed by atoms with E-state index in [0.717, 1.165) is 6.04 Å². The molecule has 100 valence electrons. The van der Waals surface area contributed by atoms with Gasteiger partial charge in [0.05, 0.1) is 0 Å². The van der Waals surface area contributed by atoms with Crippen molar-refractivity contribution in [1.82, 2.24) is 15.1 Å². The highest BCUT2D eigenvalue weighted by molar-refractivity contribution is 4.75. The zero-order chi connectivity index (χ0) is 11.9. The standard InChI is InChI=1S/C14H29N3/c1-16-10-3-2-6-14(16)7-8-15-9-13-17-11-4-5-12-17/h14-15H,2-13H2,1H3. The molecule has 2 fully saturated rings. The second-order valence-corrected chi connectivity index (χ2v) is 5.72. The van der Waals surface area contributed by atoms with Gasteiger partial charge in [0.25, 0.3) is 0 Å². The van der Waals surface area contributed by atoms with Crippen LogP contribution < -0.4 is 5.32 Å². The van der Waals surface area contributed by atoms with E-state index in [1.165, 1.54) is 77.8 Å². The minimum atomic E-state index is 0.836. The van der Waals surface area contributed by atoms with Crippen LogP contribution in [0.5, 0.6) is 0 Å². The van der Waals surface area contributed by atoms with Crippen molar-refractivity contribution in [3.8, 4) is 0 Å². The molecule has 0 aromatic carbocycles. The molecule has 1 atom stereocenters. The molecule has 0 saturated carbocycles. The van der Waals surface area contributed by atoms with Gasteiger partial charge in [-0.05, 0) is 65.3 Å². The van der Waals surface area contributed by atoms with E-state index in [1.54, 1.807) is 0 Å². The Labute approximate surface area is 107 Å². The molecule has 2 aliphatic rings. The van der Waals surface area contributed by atoms with Crippen LogP contribution in [0.25, 0.3) is 0 Å². The molecule has 1 N–H and O–H groups in total. The summed E-state index contributed by atoms with van der Waals surface area (Å²) in [5, 5.41) is 3.61. The Morgan fingerprint density at radius 2 is 1.76 bits per heavy atom. The smallest absolute Gasteiger partial charge is 0.0107 e. The Morgan fingerprint density at radius 1 is 1.00 bits per heavy atom. The molecule has 3 nitrogen and oxygen atoms in total. The lowest BCUT2D eigenvalue weighted by Crippen LogP contribution is -2.39. The van der Waals surface area contributed by atoms with E-state index in [2.05, 4.69) is 22.2 Å². The average molecular weight is 239 g/mol. The minimum absolute atomic E-state index is 0.836. The molecule has 0 radical (unpaired) electrons. The monoisotopic (exact) mass is 239 g/mol. The van der Waals surface area contributed by atoms with Crippen LogP contribution in [-0.2, 0) is 0 Å². The third kappa shape index (κ3) is 4.57. The first-order valence-electron chi connectivity index (χ1n) is 7.49. The Balaban J connectivity index is 1.47. The maximum atomic E-state index is 3.61. The fraction of sp³-hybridized carbons (Fsp3) is 1.00. The van der Waals surface area contributed by atoms with Crippen molar-refractivity contribution in [1.29, 1.82) is 0 Å². The van der Waals surface area contributed by atoms with Gasteiger partial charge in [-0.3, -0.25) is 0 Å². The first-order valence-corrected chi connectivity index (χ1v) is 7.49. The van der Waals surface area contributed by atoms with Gasteiger partial charge in [0.15, 0.2) is 0 Å². The molecule has 3 heteroatoms. The highest BCUT2D eigenvalue weighted by atomic mass is 15.2. The lowest BCUT2D eigenvalue weighted by atomic mass is 10.0. The topological polar surface area (TPSA) is 18.5 Å². The van der Waals surface area contributed by atoms with E-state index < -0.39 is 0 Å². The molecule has 2 aliphatic heterocycles. The third-order valence-electron chi connectivity index (χ3n) is 4.38. The van der Waals surface area contributed by atoms with Crippen LogP contribution in [0.4, 0.5) is 0 Å². The van der Waals surface area contributed by atoms with Gasteiger partial charge in [-0.2, -0.15) is 0 Å². The molecule has 2 heterocycles. The quantitative estimate of drug-likeness (QED) is 0.710. The lowest BCUT2D eigenvalue weighted by molar-refractivity contribution is 0.175. The second-order valence-electron chi connectivity index (χ2n) is 5.72. The van der Waals surface area contributed by atoms with Crippen LogP contribution in [-0.4, -0.2) is 62.2 Å².